The summed E-state index contributed by atoms with van der Waals surface area (Å²) in [5.41, 5.74) is 0. The molecule has 0 spiro atoms. The molecule has 1 amide bonds. The molecule has 0 heterocycles. The Morgan fingerprint density at radius 3 is 2.71 bits per heavy atom. The van der Waals surface area contributed by atoms with Gasteiger partial charge in [0.2, 0.25) is 6.41 Å². The predicted molar refractivity (Wildman–Crippen MR) is 54.9 cm³/mol. The summed E-state index contributed by atoms with van der Waals surface area (Å²) in [7, 11) is 0. The van der Waals surface area contributed by atoms with Gasteiger partial charge in [-0.05, 0) is 18.3 Å². The van der Waals surface area contributed by atoms with E-state index in [9.17, 15) is 4.79 Å². The Labute approximate surface area is 86.1 Å². The number of carbonyl (C=O) groups is 1. The first-order valence-corrected chi connectivity index (χ1v) is 5.63. The molecule has 3 heteroatoms. The maximum Gasteiger partial charge on any atom is 0.233 e. The summed E-state index contributed by atoms with van der Waals surface area (Å²) in [5.74, 6) is 1.31. The molecule has 0 aliphatic heterocycles. The van der Waals surface area contributed by atoms with E-state index in [1.807, 2.05) is 0 Å². The highest BCUT2D eigenvalue weighted by Crippen LogP contribution is 2.29. The molecule has 1 N–H and O–H groups in total. The van der Waals surface area contributed by atoms with Crippen LogP contribution in [0.25, 0.3) is 0 Å². The number of amides is 1. The van der Waals surface area contributed by atoms with Crippen LogP contribution in [-0.4, -0.2) is 23.2 Å². The lowest BCUT2D eigenvalue weighted by Crippen LogP contribution is -2.23. The molecule has 0 aromatic rings. The monoisotopic (exact) mass is 199 g/mol. The van der Waals surface area contributed by atoms with Crippen molar-refractivity contribution in [1.29, 1.82) is 0 Å². The van der Waals surface area contributed by atoms with Crippen LogP contribution in [0.15, 0.2) is 0 Å². The molecule has 0 radical (unpaired) electrons. The van der Waals surface area contributed by atoms with Crippen LogP contribution < -0.4 is 0 Å². The van der Waals surface area contributed by atoms with E-state index in [0.717, 1.165) is 17.4 Å². The molecule has 1 unspecified atom stereocenters. The highest BCUT2D eigenvalue weighted by molar-refractivity contribution is 5.44. The molecule has 1 saturated carbocycles. The van der Waals surface area contributed by atoms with Crippen molar-refractivity contribution in [2.45, 2.75) is 45.4 Å². The highest BCUT2D eigenvalue weighted by atomic mass is 16.5. The van der Waals surface area contributed by atoms with E-state index in [1.165, 1.54) is 32.1 Å². The molecule has 1 rings (SSSR count). The second-order valence-electron chi connectivity index (χ2n) is 4.56. The van der Waals surface area contributed by atoms with Crippen molar-refractivity contribution in [3.63, 3.8) is 0 Å². The molecule has 0 aromatic carbocycles. The van der Waals surface area contributed by atoms with Crippen LogP contribution in [0, 0.1) is 11.8 Å². The second kappa shape index (κ2) is 6.02. The van der Waals surface area contributed by atoms with E-state index in [1.54, 1.807) is 0 Å². The lowest BCUT2D eigenvalue weighted by atomic mass is 9.96. The number of hydroxylamine groups is 2. The Morgan fingerprint density at radius 1 is 1.50 bits per heavy atom. The molecule has 0 saturated heterocycles. The van der Waals surface area contributed by atoms with E-state index in [2.05, 4.69) is 6.92 Å². The van der Waals surface area contributed by atoms with Gasteiger partial charge in [0.05, 0.1) is 6.54 Å². The van der Waals surface area contributed by atoms with E-state index in [-0.39, 0.29) is 0 Å². The smallest absolute Gasteiger partial charge is 0.233 e. The van der Waals surface area contributed by atoms with Gasteiger partial charge < -0.3 is 0 Å². The van der Waals surface area contributed by atoms with Gasteiger partial charge in [0.25, 0.3) is 0 Å². The van der Waals surface area contributed by atoms with E-state index >= 15 is 0 Å². The first-order chi connectivity index (χ1) is 6.72. The van der Waals surface area contributed by atoms with Gasteiger partial charge in [-0.2, -0.15) is 0 Å². The number of carbonyl (C=O) groups excluding carboxylic acids is 1. The van der Waals surface area contributed by atoms with E-state index in [4.69, 9.17) is 5.21 Å². The van der Waals surface area contributed by atoms with Crippen molar-refractivity contribution in [3.8, 4) is 0 Å². The maximum absolute atomic E-state index is 10.2. The largest absolute Gasteiger partial charge is 0.286 e. The second-order valence-corrected chi connectivity index (χ2v) is 4.56. The molecule has 0 bridgehead atoms. The summed E-state index contributed by atoms with van der Waals surface area (Å²) >= 11 is 0. The minimum Gasteiger partial charge on any atom is -0.286 e. The fourth-order valence-electron chi connectivity index (χ4n) is 2.27. The summed E-state index contributed by atoms with van der Waals surface area (Å²) in [6.07, 6.45) is 8.39. The molecule has 1 fully saturated rings. The van der Waals surface area contributed by atoms with Crippen molar-refractivity contribution in [3.05, 3.63) is 0 Å². The van der Waals surface area contributed by atoms with Crippen LogP contribution in [0.4, 0.5) is 0 Å². The number of hydrogen-bond acceptors (Lipinski definition) is 2. The molecule has 1 aliphatic rings. The van der Waals surface area contributed by atoms with Crippen molar-refractivity contribution >= 4 is 6.41 Å². The standard InChI is InChI=1S/C11H21NO2/c1-10(8-12(14)9-13)6-7-11-4-2-3-5-11/h9-11,14H,2-8H2,1H3. The van der Waals surface area contributed by atoms with Gasteiger partial charge in [-0.3, -0.25) is 10.0 Å². The SMILES string of the molecule is CC(CCC1CCCC1)CN(O)C=O. The summed E-state index contributed by atoms with van der Waals surface area (Å²) in [6, 6.07) is 0. The Hall–Kier alpha value is -0.570. The van der Waals surface area contributed by atoms with Gasteiger partial charge in [-0.25, -0.2) is 5.06 Å². The zero-order valence-electron chi connectivity index (χ0n) is 8.98. The highest BCUT2D eigenvalue weighted by Gasteiger charge is 2.16. The fraction of sp³-hybridized carbons (Fsp3) is 0.909. The topological polar surface area (TPSA) is 40.5 Å². The molecule has 3 nitrogen and oxygen atoms in total. The van der Waals surface area contributed by atoms with Gasteiger partial charge >= 0.3 is 0 Å². The first kappa shape index (κ1) is 11.5. The summed E-state index contributed by atoms with van der Waals surface area (Å²) < 4.78 is 0. The van der Waals surface area contributed by atoms with E-state index in [0.29, 0.717) is 18.9 Å². The molecular formula is C11H21NO2. The van der Waals surface area contributed by atoms with Crippen LogP contribution in [0.1, 0.15) is 45.4 Å². The van der Waals surface area contributed by atoms with E-state index < -0.39 is 0 Å². The van der Waals surface area contributed by atoms with Crippen LogP contribution in [0.5, 0.6) is 0 Å². The third-order valence-electron chi connectivity index (χ3n) is 3.16. The van der Waals surface area contributed by atoms with Gasteiger partial charge in [-0.15, -0.1) is 0 Å². The summed E-state index contributed by atoms with van der Waals surface area (Å²) in [4.78, 5) is 10.2. The first-order valence-electron chi connectivity index (χ1n) is 5.63. The number of rotatable bonds is 6. The minimum absolute atomic E-state index is 0.408. The lowest BCUT2D eigenvalue weighted by Gasteiger charge is -2.17. The molecule has 1 aliphatic carbocycles. The normalized spacial score (nSPS) is 19.6. The van der Waals surface area contributed by atoms with Crippen molar-refractivity contribution in [2.75, 3.05) is 6.54 Å². The quantitative estimate of drug-likeness (QED) is 0.405. The zero-order valence-corrected chi connectivity index (χ0v) is 8.98. The Balaban J connectivity index is 2.07. The van der Waals surface area contributed by atoms with Crippen LogP contribution in [0.3, 0.4) is 0 Å². The third-order valence-corrected chi connectivity index (χ3v) is 3.16. The van der Waals surface area contributed by atoms with Crippen molar-refractivity contribution in [2.24, 2.45) is 11.8 Å². The molecular weight excluding hydrogens is 178 g/mol. The molecule has 82 valence electrons. The average molecular weight is 199 g/mol. The van der Waals surface area contributed by atoms with Gasteiger partial charge in [-0.1, -0.05) is 39.0 Å². The fourth-order valence-corrected chi connectivity index (χ4v) is 2.27. The van der Waals surface area contributed by atoms with Crippen LogP contribution >= 0.6 is 0 Å². The average Bonchev–Trinajstić information content (AvgIpc) is 2.67. The molecule has 1 atom stereocenters. The maximum atomic E-state index is 10.2. The van der Waals surface area contributed by atoms with Crippen molar-refractivity contribution in [1.82, 2.24) is 5.06 Å². The Morgan fingerprint density at radius 2 is 2.14 bits per heavy atom. The van der Waals surface area contributed by atoms with Gasteiger partial charge in [0.15, 0.2) is 0 Å². The summed E-state index contributed by atoms with van der Waals surface area (Å²) in [6.45, 7) is 2.55. The third kappa shape index (κ3) is 4.09. The van der Waals surface area contributed by atoms with Crippen molar-refractivity contribution < 1.29 is 10.0 Å². The van der Waals surface area contributed by atoms with Crippen LogP contribution in [-0.2, 0) is 4.79 Å². The van der Waals surface area contributed by atoms with Crippen LogP contribution in [0.2, 0.25) is 0 Å². The Bertz CT molecular complexity index is 167. The zero-order chi connectivity index (χ0) is 10.4. The Kier molecular flexibility index (Phi) is 4.94. The minimum atomic E-state index is 0.408. The summed E-state index contributed by atoms with van der Waals surface area (Å²) in [5, 5.41) is 9.73. The molecule has 0 aromatic heterocycles. The van der Waals surface area contributed by atoms with Gasteiger partial charge in [0, 0.05) is 0 Å². The number of nitrogens with zero attached hydrogens (tertiary/aromatic N) is 1. The lowest BCUT2D eigenvalue weighted by molar-refractivity contribution is -0.152. The molecule has 14 heavy (non-hydrogen) atoms. The van der Waals surface area contributed by atoms with Gasteiger partial charge in [0.1, 0.15) is 0 Å². The number of hydrogen-bond donors (Lipinski definition) is 1. The predicted octanol–water partition coefficient (Wildman–Crippen LogP) is 2.44.